The van der Waals surface area contributed by atoms with E-state index < -0.39 is 15.9 Å². The zero-order valence-electron chi connectivity index (χ0n) is 17.2. The summed E-state index contributed by atoms with van der Waals surface area (Å²) in [7, 11) is -2.12. The van der Waals surface area contributed by atoms with E-state index in [0.717, 1.165) is 24.9 Å². The molecular formula is C22H24N4O4S. The van der Waals surface area contributed by atoms with Crippen LogP contribution in [0.3, 0.4) is 0 Å². The van der Waals surface area contributed by atoms with E-state index in [1.807, 2.05) is 30.3 Å². The van der Waals surface area contributed by atoms with Crippen LogP contribution in [0.4, 0.5) is 5.69 Å². The van der Waals surface area contributed by atoms with Gasteiger partial charge in [-0.1, -0.05) is 30.7 Å². The van der Waals surface area contributed by atoms with E-state index in [9.17, 15) is 13.2 Å². The number of rotatable bonds is 6. The number of sulfonamides is 1. The fourth-order valence-corrected chi connectivity index (χ4v) is 5.12. The van der Waals surface area contributed by atoms with E-state index in [-0.39, 0.29) is 10.6 Å². The number of anilines is 1. The number of carbonyl (C=O) groups is 1. The lowest BCUT2D eigenvalue weighted by atomic mass is 10.2. The lowest BCUT2D eigenvalue weighted by Crippen LogP contribution is -2.35. The van der Waals surface area contributed by atoms with Crippen molar-refractivity contribution in [2.45, 2.75) is 24.2 Å². The van der Waals surface area contributed by atoms with Crippen molar-refractivity contribution in [2.24, 2.45) is 0 Å². The highest BCUT2D eigenvalue weighted by Crippen LogP contribution is 2.24. The summed E-state index contributed by atoms with van der Waals surface area (Å²) in [4.78, 5) is 13.0. The smallest absolute Gasteiger partial charge is 0.280 e. The molecule has 162 valence electrons. The van der Waals surface area contributed by atoms with Gasteiger partial charge in [0, 0.05) is 18.8 Å². The zero-order chi connectivity index (χ0) is 21.8. The fourth-order valence-electron chi connectivity index (χ4n) is 3.56. The summed E-state index contributed by atoms with van der Waals surface area (Å²) in [6.07, 6.45) is 4.39. The maximum atomic E-state index is 12.9. The van der Waals surface area contributed by atoms with Gasteiger partial charge in [0.15, 0.2) is 11.4 Å². The van der Waals surface area contributed by atoms with Crippen LogP contribution in [0.15, 0.2) is 65.7 Å². The molecule has 0 saturated carbocycles. The SMILES string of the molecule is COc1cn(-c2ccccc2)nc1C(=O)Nc1cccc(S(=O)(=O)N2CCCCC2)c1. The molecule has 1 saturated heterocycles. The minimum Gasteiger partial charge on any atom is -0.493 e. The largest absolute Gasteiger partial charge is 0.493 e. The van der Waals surface area contributed by atoms with Crippen molar-refractivity contribution in [1.82, 2.24) is 14.1 Å². The van der Waals surface area contributed by atoms with Crippen LogP contribution in [0, 0.1) is 0 Å². The van der Waals surface area contributed by atoms with Gasteiger partial charge in [0.05, 0.1) is 23.9 Å². The molecule has 0 spiro atoms. The van der Waals surface area contributed by atoms with Crippen LogP contribution in [0.2, 0.25) is 0 Å². The van der Waals surface area contributed by atoms with Gasteiger partial charge < -0.3 is 10.1 Å². The highest BCUT2D eigenvalue weighted by Gasteiger charge is 2.26. The van der Waals surface area contributed by atoms with Crippen LogP contribution in [0.1, 0.15) is 29.8 Å². The molecule has 1 fully saturated rings. The standard InChI is InChI=1S/C22H24N4O4S/c1-30-20-16-26(18-10-4-2-5-11-18)24-21(20)22(27)23-17-9-8-12-19(15-17)31(28,29)25-13-6-3-7-14-25/h2,4-5,8-12,15-16H,3,6-7,13-14H2,1H3,(H,23,27). The normalized spacial score (nSPS) is 14.9. The molecule has 0 aliphatic carbocycles. The van der Waals surface area contributed by atoms with Gasteiger partial charge in [-0.15, -0.1) is 0 Å². The van der Waals surface area contributed by atoms with Gasteiger partial charge in [-0.2, -0.15) is 9.40 Å². The molecule has 3 aromatic rings. The van der Waals surface area contributed by atoms with Crippen molar-refractivity contribution in [3.8, 4) is 11.4 Å². The molecule has 1 aliphatic rings. The van der Waals surface area contributed by atoms with Crippen LogP contribution < -0.4 is 10.1 Å². The van der Waals surface area contributed by atoms with Crippen molar-refractivity contribution in [3.63, 3.8) is 0 Å². The van der Waals surface area contributed by atoms with Crippen molar-refractivity contribution in [3.05, 3.63) is 66.5 Å². The summed E-state index contributed by atoms with van der Waals surface area (Å²) in [5, 5.41) is 7.08. The maximum Gasteiger partial charge on any atom is 0.280 e. The second-order valence-electron chi connectivity index (χ2n) is 7.27. The second-order valence-corrected chi connectivity index (χ2v) is 9.21. The molecule has 31 heavy (non-hydrogen) atoms. The summed E-state index contributed by atoms with van der Waals surface area (Å²) in [5.41, 5.74) is 1.27. The number of piperidine rings is 1. The van der Waals surface area contributed by atoms with Crippen LogP contribution in [0.25, 0.3) is 5.69 Å². The molecule has 2 heterocycles. The van der Waals surface area contributed by atoms with Crippen molar-refractivity contribution in [2.75, 3.05) is 25.5 Å². The lowest BCUT2D eigenvalue weighted by molar-refractivity contribution is 0.101. The van der Waals surface area contributed by atoms with Gasteiger partial charge in [0.2, 0.25) is 10.0 Å². The molecule has 0 unspecified atom stereocenters. The average Bonchev–Trinajstić information content (AvgIpc) is 3.25. The van der Waals surface area contributed by atoms with E-state index in [1.54, 1.807) is 29.1 Å². The molecule has 0 bridgehead atoms. The monoisotopic (exact) mass is 440 g/mol. The first kappa shape index (κ1) is 21.1. The quantitative estimate of drug-likeness (QED) is 0.635. The number of benzene rings is 2. The molecule has 0 radical (unpaired) electrons. The third-order valence-electron chi connectivity index (χ3n) is 5.18. The van der Waals surface area contributed by atoms with Crippen molar-refractivity contribution in [1.29, 1.82) is 0 Å². The topological polar surface area (TPSA) is 93.5 Å². The van der Waals surface area contributed by atoms with E-state index in [4.69, 9.17) is 4.74 Å². The molecule has 8 nitrogen and oxygen atoms in total. The number of amides is 1. The minimum atomic E-state index is -3.59. The zero-order valence-corrected chi connectivity index (χ0v) is 18.0. The van der Waals surface area contributed by atoms with E-state index in [0.29, 0.717) is 24.5 Å². The molecular weight excluding hydrogens is 416 g/mol. The Morgan fingerprint density at radius 1 is 1.03 bits per heavy atom. The molecule has 2 aromatic carbocycles. The molecule has 1 aliphatic heterocycles. The summed E-state index contributed by atoms with van der Waals surface area (Å²) in [6, 6.07) is 15.6. The molecule has 1 aromatic heterocycles. The first-order valence-electron chi connectivity index (χ1n) is 10.1. The third kappa shape index (κ3) is 4.47. The Hall–Kier alpha value is -3.17. The number of carbonyl (C=O) groups excluding carboxylic acids is 1. The number of aromatic nitrogens is 2. The molecule has 1 amide bonds. The van der Waals surface area contributed by atoms with E-state index in [1.165, 1.54) is 17.5 Å². The Bertz CT molecular complexity index is 1170. The highest BCUT2D eigenvalue weighted by molar-refractivity contribution is 7.89. The first-order chi connectivity index (χ1) is 15.0. The predicted octanol–water partition coefficient (Wildman–Crippen LogP) is 3.31. The van der Waals surface area contributed by atoms with Gasteiger partial charge in [0.25, 0.3) is 5.91 Å². The number of ether oxygens (including phenoxy) is 1. The van der Waals surface area contributed by atoms with E-state index >= 15 is 0 Å². The van der Waals surface area contributed by atoms with Gasteiger partial charge in [-0.25, -0.2) is 13.1 Å². The van der Waals surface area contributed by atoms with Crippen LogP contribution in [-0.4, -0.2) is 48.6 Å². The Balaban J connectivity index is 1.57. The molecule has 0 atom stereocenters. The maximum absolute atomic E-state index is 12.9. The predicted molar refractivity (Wildman–Crippen MR) is 117 cm³/mol. The number of methoxy groups -OCH3 is 1. The van der Waals surface area contributed by atoms with Gasteiger partial charge in [-0.05, 0) is 43.2 Å². The Labute approximate surface area is 181 Å². The Morgan fingerprint density at radius 3 is 2.48 bits per heavy atom. The van der Waals surface area contributed by atoms with Gasteiger partial charge in [-0.3, -0.25) is 4.79 Å². The average molecular weight is 441 g/mol. The van der Waals surface area contributed by atoms with Crippen LogP contribution >= 0.6 is 0 Å². The van der Waals surface area contributed by atoms with Crippen molar-refractivity contribution >= 4 is 21.6 Å². The number of nitrogens with zero attached hydrogens (tertiary/aromatic N) is 3. The van der Waals surface area contributed by atoms with Crippen LogP contribution in [-0.2, 0) is 10.0 Å². The minimum absolute atomic E-state index is 0.107. The number of hydrogen-bond donors (Lipinski definition) is 1. The summed E-state index contributed by atoms with van der Waals surface area (Å²) in [6.45, 7) is 1.04. The fraction of sp³-hybridized carbons (Fsp3) is 0.273. The van der Waals surface area contributed by atoms with Gasteiger partial charge >= 0.3 is 0 Å². The van der Waals surface area contributed by atoms with E-state index in [2.05, 4.69) is 10.4 Å². The first-order valence-corrected chi connectivity index (χ1v) is 11.5. The molecule has 9 heteroatoms. The third-order valence-corrected chi connectivity index (χ3v) is 7.08. The summed E-state index contributed by atoms with van der Waals surface area (Å²) < 4.78 is 34.2. The van der Waals surface area contributed by atoms with Gasteiger partial charge in [0.1, 0.15) is 0 Å². The summed E-state index contributed by atoms with van der Waals surface area (Å²) in [5.74, 6) is -0.169. The molecule has 4 rings (SSSR count). The number of nitrogens with one attached hydrogen (secondary N) is 1. The highest BCUT2D eigenvalue weighted by atomic mass is 32.2. The Morgan fingerprint density at radius 2 is 1.77 bits per heavy atom. The van der Waals surface area contributed by atoms with Crippen molar-refractivity contribution < 1.29 is 17.9 Å². The number of para-hydroxylation sites is 1. The lowest BCUT2D eigenvalue weighted by Gasteiger charge is -2.26. The molecule has 1 N–H and O–H groups in total. The van der Waals surface area contributed by atoms with Crippen LogP contribution in [0.5, 0.6) is 5.75 Å². The Kier molecular flexibility index (Phi) is 6.06. The number of hydrogen-bond acceptors (Lipinski definition) is 5. The summed E-state index contributed by atoms with van der Waals surface area (Å²) >= 11 is 0. The second kappa shape index (κ2) is 8.91.